The summed E-state index contributed by atoms with van der Waals surface area (Å²) < 4.78 is 32.4. The van der Waals surface area contributed by atoms with Gasteiger partial charge in [0.25, 0.3) is 5.69 Å². The second-order valence-electron chi connectivity index (χ2n) is 7.28. The number of fused-ring (bicyclic) bond motifs is 1. The van der Waals surface area contributed by atoms with Gasteiger partial charge in [0.05, 0.1) is 16.4 Å². The van der Waals surface area contributed by atoms with E-state index < -0.39 is 14.9 Å². The van der Waals surface area contributed by atoms with E-state index in [9.17, 15) is 23.3 Å². The lowest BCUT2D eigenvalue weighted by molar-refractivity contribution is -0.385. The van der Waals surface area contributed by atoms with E-state index in [-0.39, 0.29) is 42.7 Å². The molecular formula is C21H21N3O6S. The molecule has 2 aliphatic rings. The number of carbonyl (C=O) groups is 1. The second kappa shape index (κ2) is 8.48. The van der Waals surface area contributed by atoms with Crippen molar-refractivity contribution in [1.29, 1.82) is 0 Å². The lowest BCUT2D eigenvalue weighted by Gasteiger charge is -2.33. The summed E-state index contributed by atoms with van der Waals surface area (Å²) in [5.41, 5.74) is 1.75. The third kappa shape index (κ3) is 4.44. The highest BCUT2D eigenvalue weighted by molar-refractivity contribution is 7.89. The summed E-state index contributed by atoms with van der Waals surface area (Å²) in [6.45, 7) is 1.41. The van der Waals surface area contributed by atoms with Gasteiger partial charge in [0.1, 0.15) is 5.75 Å². The number of rotatable bonds is 5. The van der Waals surface area contributed by atoms with Crippen LogP contribution in [0.1, 0.15) is 11.1 Å². The number of carbonyl (C=O) groups excluding carboxylic acids is 1. The van der Waals surface area contributed by atoms with Crippen LogP contribution in [0.25, 0.3) is 6.08 Å². The first-order chi connectivity index (χ1) is 14.8. The summed E-state index contributed by atoms with van der Waals surface area (Å²) in [6, 6.07) is 10.8. The van der Waals surface area contributed by atoms with Crippen LogP contribution in [0.4, 0.5) is 5.69 Å². The number of nitro benzene ring substituents is 1. The van der Waals surface area contributed by atoms with Crippen molar-refractivity contribution in [1.82, 2.24) is 9.21 Å². The molecule has 2 aromatic rings. The van der Waals surface area contributed by atoms with Crippen molar-refractivity contribution in [3.05, 3.63) is 69.8 Å². The predicted molar refractivity (Wildman–Crippen MR) is 113 cm³/mol. The number of benzene rings is 2. The maximum atomic E-state index is 12.8. The third-order valence-electron chi connectivity index (χ3n) is 5.35. The zero-order valence-corrected chi connectivity index (χ0v) is 17.5. The highest BCUT2D eigenvalue weighted by atomic mass is 32.2. The van der Waals surface area contributed by atoms with Crippen molar-refractivity contribution in [2.45, 2.75) is 11.3 Å². The van der Waals surface area contributed by atoms with Crippen molar-refractivity contribution in [3.63, 3.8) is 0 Å². The van der Waals surface area contributed by atoms with Gasteiger partial charge in [-0.15, -0.1) is 0 Å². The molecule has 9 nitrogen and oxygen atoms in total. The average Bonchev–Trinajstić information content (AvgIpc) is 3.25. The molecule has 0 saturated carbocycles. The number of hydrogen-bond acceptors (Lipinski definition) is 6. The molecule has 0 atom stereocenters. The Bertz CT molecular complexity index is 1150. The Morgan fingerprint density at radius 1 is 1.10 bits per heavy atom. The predicted octanol–water partition coefficient (Wildman–Crippen LogP) is 2.08. The summed E-state index contributed by atoms with van der Waals surface area (Å²) in [6.07, 6.45) is 4.08. The number of sulfonamides is 1. The summed E-state index contributed by atoms with van der Waals surface area (Å²) in [7, 11) is -3.87. The molecule has 2 heterocycles. The monoisotopic (exact) mass is 443 g/mol. The van der Waals surface area contributed by atoms with Crippen molar-refractivity contribution in [2.24, 2.45) is 0 Å². The fourth-order valence-electron chi connectivity index (χ4n) is 3.64. The van der Waals surface area contributed by atoms with Gasteiger partial charge in [0.2, 0.25) is 15.9 Å². The Morgan fingerprint density at radius 2 is 1.87 bits per heavy atom. The van der Waals surface area contributed by atoms with E-state index in [2.05, 4.69) is 0 Å². The average molecular weight is 443 g/mol. The standard InChI is InChI=1S/C21H21N3O6S/c25-21(7-5-16-4-6-20-17(14-16)8-13-30-20)22-9-11-23(12-10-22)31(28,29)19-3-1-2-18(15-19)24(26)27/h1-7,14-15H,8-13H2/b7-5+. The molecule has 2 aromatic carbocycles. The Hall–Kier alpha value is -3.24. The molecule has 31 heavy (non-hydrogen) atoms. The summed E-state index contributed by atoms with van der Waals surface area (Å²) in [5.74, 6) is 0.689. The number of ether oxygens (including phenoxy) is 1. The maximum absolute atomic E-state index is 12.8. The molecular weight excluding hydrogens is 422 g/mol. The van der Waals surface area contributed by atoms with Gasteiger partial charge < -0.3 is 9.64 Å². The molecule has 0 radical (unpaired) electrons. The normalized spacial score (nSPS) is 16.8. The number of piperazine rings is 1. The lowest BCUT2D eigenvalue weighted by atomic mass is 10.1. The molecule has 162 valence electrons. The summed E-state index contributed by atoms with van der Waals surface area (Å²) in [4.78, 5) is 24.3. The van der Waals surface area contributed by atoms with E-state index in [4.69, 9.17) is 4.74 Å². The lowest BCUT2D eigenvalue weighted by Crippen LogP contribution is -2.50. The van der Waals surface area contributed by atoms with Crippen molar-refractivity contribution in [3.8, 4) is 5.75 Å². The molecule has 0 unspecified atom stereocenters. The quantitative estimate of drug-likeness (QED) is 0.398. The van der Waals surface area contributed by atoms with Crippen LogP contribution in [0.5, 0.6) is 5.75 Å². The molecule has 0 spiro atoms. The van der Waals surface area contributed by atoms with Crippen LogP contribution in [0, 0.1) is 10.1 Å². The number of non-ortho nitro benzene ring substituents is 1. The molecule has 1 amide bonds. The molecule has 10 heteroatoms. The first kappa shape index (κ1) is 21.0. The van der Waals surface area contributed by atoms with Crippen molar-refractivity contribution < 1.29 is 22.9 Å². The molecule has 0 N–H and O–H groups in total. The fourth-order valence-corrected chi connectivity index (χ4v) is 5.10. The van der Waals surface area contributed by atoms with E-state index in [0.29, 0.717) is 6.61 Å². The minimum Gasteiger partial charge on any atom is -0.493 e. The van der Waals surface area contributed by atoms with E-state index in [1.165, 1.54) is 28.6 Å². The van der Waals surface area contributed by atoms with Gasteiger partial charge in [-0.25, -0.2) is 8.42 Å². The molecule has 1 saturated heterocycles. The molecule has 0 aliphatic carbocycles. The first-order valence-electron chi connectivity index (χ1n) is 9.82. The Morgan fingerprint density at radius 3 is 2.61 bits per heavy atom. The second-order valence-corrected chi connectivity index (χ2v) is 9.22. The Balaban J connectivity index is 1.38. The summed E-state index contributed by atoms with van der Waals surface area (Å²) in [5, 5.41) is 10.9. The SMILES string of the molecule is O=C(/C=C/c1ccc2c(c1)CCO2)N1CCN(S(=O)(=O)c2cccc([N+](=O)[O-])c2)CC1. The van der Waals surface area contributed by atoms with Crippen LogP contribution in [0.2, 0.25) is 0 Å². The molecule has 0 bridgehead atoms. The van der Waals surface area contributed by atoms with Crippen LogP contribution in [0.15, 0.2) is 53.4 Å². The van der Waals surface area contributed by atoms with Gasteiger partial charge in [-0.05, 0) is 35.4 Å². The molecule has 0 aromatic heterocycles. The van der Waals surface area contributed by atoms with Crippen molar-refractivity contribution in [2.75, 3.05) is 32.8 Å². The van der Waals surface area contributed by atoms with Crippen LogP contribution in [0.3, 0.4) is 0 Å². The van der Waals surface area contributed by atoms with Gasteiger partial charge in [-0.3, -0.25) is 14.9 Å². The van der Waals surface area contributed by atoms with Gasteiger partial charge in [0.15, 0.2) is 0 Å². The van der Waals surface area contributed by atoms with E-state index in [1.54, 1.807) is 11.0 Å². The number of nitro groups is 1. The van der Waals surface area contributed by atoms with Gasteiger partial charge >= 0.3 is 0 Å². The van der Waals surface area contributed by atoms with E-state index in [1.807, 2.05) is 18.2 Å². The topological polar surface area (TPSA) is 110 Å². The van der Waals surface area contributed by atoms with E-state index in [0.717, 1.165) is 29.4 Å². The minimum atomic E-state index is -3.87. The molecule has 2 aliphatic heterocycles. The highest BCUT2D eigenvalue weighted by Crippen LogP contribution is 2.26. The van der Waals surface area contributed by atoms with Crippen LogP contribution < -0.4 is 4.74 Å². The molecule has 1 fully saturated rings. The Labute approximate surface area is 179 Å². The van der Waals surface area contributed by atoms with Gasteiger partial charge in [0, 0.05) is 50.8 Å². The third-order valence-corrected chi connectivity index (χ3v) is 7.24. The van der Waals surface area contributed by atoms with Crippen LogP contribution in [-0.2, 0) is 21.2 Å². The highest BCUT2D eigenvalue weighted by Gasteiger charge is 2.30. The minimum absolute atomic E-state index is 0.123. The van der Waals surface area contributed by atoms with Crippen molar-refractivity contribution >= 4 is 27.7 Å². The first-order valence-corrected chi connectivity index (χ1v) is 11.3. The number of amides is 1. The van der Waals surface area contributed by atoms with Gasteiger partial charge in [-0.2, -0.15) is 4.31 Å². The zero-order chi connectivity index (χ0) is 22.0. The van der Waals surface area contributed by atoms with E-state index >= 15 is 0 Å². The summed E-state index contributed by atoms with van der Waals surface area (Å²) >= 11 is 0. The number of nitrogens with zero attached hydrogens (tertiary/aromatic N) is 3. The smallest absolute Gasteiger partial charge is 0.270 e. The molecule has 4 rings (SSSR count). The number of hydrogen-bond donors (Lipinski definition) is 0. The largest absolute Gasteiger partial charge is 0.493 e. The fraction of sp³-hybridized carbons (Fsp3) is 0.286. The van der Waals surface area contributed by atoms with Crippen LogP contribution in [-0.4, -0.2) is 61.2 Å². The van der Waals surface area contributed by atoms with Gasteiger partial charge in [-0.1, -0.05) is 12.1 Å². The Kier molecular flexibility index (Phi) is 5.75. The van der Waals surface area contributed by atoms with Crippen LogP contribution >= 0.6 is 0 Å². The maximum Gasteiger partial charge on any atom is 0.270 e. The zero-order valence-electron chi connectivity index (χ0n) is 16.6.